The summed E-state index contributed by atoms with van der Waals surface area (Å²) in [4.78, 5) is 12.7. The fourth-order valence-electron chi connectivity index (χ4n) is 3.11. The topological polar surface area (TPSA) is 61.8 Å². The van der Waals surface area contributed by atoms with E-state index in [0.29, 0.717) is 31.0 Å². The zero-order chi connectivity index (χ0) is 16.4. The second-order valence-electron chi connectivity index (χ2n) is 6.02. The molecule has 0 bridgehead atoms. The van der Waals surface area contributed by atoms with Gasteiger partial charge in [-0.3, -0.25) is 4.79 Å². The van der Waals surface area contributed by atoms with Crippen molar-refractivity contribution in [2.45, 2.75) is 12.2 Å². The van der Waals surface area contributed by atoms with Crippen LogP contribution in [-0.2, 0) is 17.0 Å². The number of rotatable bonds is 4. The molecule has 1 aliphatic rings. The van der Waals surface area contributed by atoms with Gasteiger partial charge in [0, 0.05) is 17.8 Å². The highest BCUT2D eigenvalue weighted by molar-refractivity contribution is 5.72. The van der Waals surface area contributed by atoms with Gasteiger partial charge in [-0.15, -0.1) is 0 Å². The molecule has 2 aromatic rings. The van der Waals surface area contributed by atoms with E-state index < -0.39 is 5.60 Å². The maximum absolute atomic E-state index is 11.6. The number of fused-ring (bicyclic) bond motifs is 2. The van der Waals surface area contributed by atoms with Crippen molar-refractivity contribution in [2.24, 2.45) is 0 Å². The van der Waals surface area contributed by atoms with Crippen molar-refractivity contribution >= 4 is 12.1 Å². The number of hydrogen-bond donors (Lipinski definition) is 2. The zero-order valence-corrected chi connectivity index (χ0v) is 13.2. The molecule has 0 aliphatic carbocycles. The molecule has 1 atom stereocenters. The Kier molecular flexibility index (Phi) is 4.07. The predicted molar refractivity (Wildman–Crippen MR) is 88.5 cm³/mol. The summed E-state index contributed by atoms with van der Waals surface area (Å²) >= 11 is 0. The quantitative estimate of drug-likeness (QED) is 0.847. The molecule has 5 heteroatoms. The van der Waals surface area contributed by atoms with E-state index >= 15 is 0 Å². The lowest BCUT2D eigenvalue weighted by atomic mass is 9.83. The molecule has 0 fully saturated rings. The summed E-state index contributed by atoms with van der Waals surface area (Å²) < 4.78 is 5.88. The van der Waals surface area contributed by atoms with Crippen LogP contribution in [0.25, 0.3) is 0 Å². The van der Waals surface area contributed by atoms with E-state index in [0.717, 1.165) is 16.7 Å². The molecule has 1 aliphatic heterocycles. The summed E-state index contributed by atoms with van der Waals surface area (Å²) in [6.07, 6.45) is 0.633. The molecule has 0 spiro atoms. The smallest absolute Gasteiger partial charge is 0.211 e. The molecule has 0 radical (unpaired) electrons. The first-order chi connectivity index (χ1) is 11.0. The largest absolute Gasteiger partial charge is 0.488 e. The van der Waals surface area contributed by atoms with Gasteiger partial charge < -0.3 is 20.1 Å². The standard InChI is InChI=1S/C18H20N2O3/c1-20(2)11-18(22)15-5-3-4-6-17(15)23-10-13-7-8-14(19-12-21)9-16(13)18/h3-9,12,22H,10-11H2,1-2H3,(H,19,21). The number of para-hydroxylation sites is 1. The third-order valence-electron chi connectivity index (χ3n) is 4.04. The summed E-state index contributed by atoms with van der Waals surface area (Å²) in [6.45, 7) is 0.786. The number of nitrogens with zero attached hydrogens (tertiary/aromatic N) is 1. The van der Waals surface area contributed by atoms with Gasteiger partial charge in [0.25, 0.3) is 0 Å². The number of ether oxygens (including phenoxy) is 1. The van der Waals surface area contributed by atoms with Gasteiger partial charge >= 0.3 is 0 Å². The summed E-state index contributed by atoms with van der Waals surface area (Å²) in [6, 6.07) is 13.0. The van der Waals surface area contributed by atoms with Crippen LogP contribution in [0.15, 0.2) is 42.5 Å². The van der Waals surface area contributed by atoms with Crippen LogP contribution in [0, 0.1) is 0 Å². The summed E-state index contributed by atoms with van der Waals surface area (Å²) in [5.74, 6) is 0.679. The highest BCUT2D eigenvalue weighted by Crippen LogP contribution is 2.41. The van der Waals surface area contributed by atoms with Gasteiger partial charge in [-0.25, -0.2) is 0 Å². The Morgan fingerprint density at radius 3 is 2.78 bits per heavy atom. The maximum atomic E-state index is 11.6. The number of nitrogens with one attached hydrogen (secondary N) is 1. The SMILES string of the molecule is CN(C)CC1(O)c2cc(NC=O)ccc2COc2ccccc21. The van der Waals surface area contributed by atoms with E-state index in [1.54, 1.807) is 0 Å². The molecule has 120 valence electrons. The van der Waals surface area contributed by atoms with Gasteiger partial charge in [-0.05, 0) is 43.4 Å². The van der Waals surface area contributed by atoms with Crippen LogP contribution >= 0.6 is 0 Å². The highest BCUT2D eigenvalue weighted by atomic mass is 16.5. The molecule has 0 saturated carbocycles. The third kappa shape index (κ3) is 2.81. The van der Waals surface area contributed by atoms with Gasteiger partial charge in [-0.1, -0.05) is 24.3 Å². The van der Waals surface area contributed by atoms with Crippen molar-refractivity contribution in [1.82, 2.24) is 4.90 Å². The molecular formula is C18H20N2O3. The lowest BCUT2D eigenvalue weighted by Crippen LogP contribution is -2.39. The van der Waals surface area contributed by atoms with Gasteiger partial charge in [0.15, 0.2) is 0 Å². The molecule has 1 heterocycles. The van der Waals surface area contributed by atoms with Crippen molar-refractivity contribution in [2.75, 3.05) is 26.0 Å². The fraction of sp³-hybridized carbons (Fsp3) is 0.278. The molecular weight excluding hydrogens is 292 g/mol. The van der Waals surface area contributed by atoms with Gasteiger partial charge in [-0.2, -0.15) is 0 Å². The normalized spacial score (nSPS) is 19.3. The van der Waals surface area contributed by atoms with E-state index in [-0.39, 0.29) is 0 Å². The third-order valence-corrected chi connectivity index (χ3v) is 4.04. The van der Waals surface area contributed by atoms with E-state index in [1.807, 2.05) is 61.5 Å². The predicted octanol–water partition coefficient (Wildman–Crippen LogP) is 1.94. The molecule has 23 heavy (non-hydrogen) atoms. The van der Waals surface area contributed by atoms with E-state index in [9.17, 15) is 9.90 Å². The van der Waals surface area contributed by atoms with Gasteiger partial charge in [0.1, 0.15) is 18.0 Å². The Balaban J connectivity index is 2.22. The molecule has 3 rings (SSSR count). The summed E-state index contributed by atoms with van der Waals surface area (Å²) in [7, 11) is 3.83. The number of hydrogen-bond acceptors (Lipinski definition) is 4. The van der Waals surface area contributed by atoms with Crippen molar-refractivity contribution in [1.29, 1.82) is 0 Å². The van der Waals surface area contributed by atoms with Crippen LogP contribution in [0.1, 0.15) is 16.7 Å². The lowest BCUT2D eigenvalue weighted by Gasteiger charge is -2.32. The second kappa shape index (κ2) is 6.02. The van der Waals surface area contributed by atoms with E-state index in [2.05, 4.69) is 5.32 Å². The Morgan fingerprint density at radius 2 is 2.04 bits per heavy atom. The minimum atomic E-state index is -1.22. The molecule has 1 unspecified atom stereocenters. The average molecular weight is 312 g/mol. The average Bonchev–Trinajstić information content (AvgIpc) is 2.64. The Bertz CT molecular complexity index is 730. The Morgan fingerprint density at radius 1 is 1.26 bits per heavy atom. The lowest BCUT2D eigenvalue weighted by molar-refractivity contribution is -0.105. The van der Waals surface area contributed by atoms with Gasteiger partial charge in [0.05, 0.1) is 0 Å². The second-order valence-corrected chi connectivity index (χ2v) is 6.02. The first-order valence-electron chi connectivity index (χ1n) is 7.47. The monoisotopic (exact) mass is 312 g/mol. The van der Waals surface area contributed by atoms with Crippen LogP contribution in [0.4, 0.5) is 5.69 Å². The number of aliphatic hydroxyl groups is 1. The molecule has 5 nitrogen and oxygen atoms in total. The van der Waals surface area contributed by atoms with Gasteiger partial charge in [0.2, 0.25) is 6.41 Å². The Labute approximate surface area is 135 Å². The fourth-order valence-corrected chi connectivity index (χ4v) is 3.11. The van der Waals surface area contributed by atoms with Crippen LogP contribution in [0.5, 0.6) is 5.75 Å². The Hall–Kier alpha value is -2.37. The number of benzene rings is 2. The molecule has 2 aromatic carbocycles. The molecule has 0 saturated heterocycles. The van der Waals surface area contributed by atoms with Crippen LogP contribution < -0.4 is 10.1 Å². The van der Waals surface area contributed by atoms with Crippen LogP contribution in [-0.4, -0.2) is 37.1 Å². The maximum Gasteiger partial charge on any atom is 0.211 e. The van der Waals surface area contributed by atoms with Crippen molar-refractivity contribution < 1.29 is 14.6 Å². The van der Waals surface area contributed by atoms with Crippen molar-refractivity contribution in [3.8, 4) is 5.75 Å². The molecule has 2 N–H and O–H groups in total. The highest BCUT2D eigenvalue weighted by Gasteiger charge is 2.38. The van der Waals surface area contributed by atoms with Crippen LogP contribution in [0.2, 0.25) is 0 Å². The molecule has 0 aromatic heterocycles. The first kappa shape index (κ1) is 15.5. The zero-order valence-electron chi connectivity index (χ0n) is 13.2. The van der Waals surface area contributed by atoms with Crippen molar-refractivity contribution in [3.63, 3.8) is 0 Å². The van der Waals surface area contributed by atoms with Crippen LogP contribution in [0.3, 0.4) is 0 Å². The minimum Gasteiger partial charge on any atom is -0.488 e. The van der Waals surface area contributed by atoms with Crippen molar-refractivity contribution in [3.05, 3.63) is 59.2 Å². The number of anilines is 1. The summed E-state index contributed by atoms with van der Waals surface area (Å²) in [5, 5.41) is 14.2. The summed E-state index contributed by atoms with van der Waals surface area (Å²) in [5.41, 5.74) is 1.82. The van der Waals surface area contributed by atoms with E-state index in [1.165, 1.54) is 0 Å². The molecule has 1 amide bonds. The van der Waals surface area contributed by atoms with E-state index in [4.69, 9.17) is 4.74 Å². The number of carbonyl (C=O) groups is 1. The first-order valence-corrected chi connectivity index (χ1v) is 7.47. The number of likely N-dealkylation sites (N-methyl/N-ethyl adjacent to an activating group) is 1. The minimum absolute atomic E-state index is 0.378. The number of amides is 1. The number of carbonyl (C=O) groups excluding carboxylic acids is 1.